The summed E-state index contributed by atoms with van der Waals surface area (Å²) in [5.74, 6) is -0.919. The van der Waals surface area contributed by atoms with Gasteiger partial charge in [0.25, 0.3) is 0 Å². The summed E-state index contributed by atoms with van der Waals surface area (Å²) in [5, 5.41) is 8.36. The predicted octanol–water partition coefficient (Wildman–Crippen LogP) is -5.75. The maximum absolute atomic E-state index is 12.7. The fraction of sp³-hybridized carbons (Fsp3) is 0. The Labute approximate surface area is 378 Å². The fourth-order valence-electron chi connectivity index (χ4n) is 1.89. The minimum absolute atomic E-state index is 0.269. The van der Waals surface area contributed by atoms with Crippen molar-refractivity contribution in [1.82, 2.24) is 4.98 Å². The van der Waals surface area contributed by atoms with Crippen LogP contribution in [-0.4, -0.2) is 16.1 Å². The SMILES string of the molecule is O=C(O)c1ccncc1.O=P([O][Mo](=[O])(=[O])[O][Mo](=[O])(=[O])[O][Mo](=[O])(=[O])[O][Mo](=[O])(=[O])[O-])([O][Mo](=[O])(=[O])[O][Mo](=[O])(=[O])[O][Mo](=[O])(=[O])[O][Mo](=[O])(=[O])[O-])[O][Mo](=[O])(=[O])[O][Mo](=[O])(=[O])[O][Mo](=[O])(=[O])[O][Mo](=[O])(=[O])[O-]. The van der Waals surface area contributed by atoms with Crippen molar-refractivity contribution in [3.63, 3.8) is 0 Å². The normalized spacial score (nSPS) is 14.6. The number of pyridine rings is 1. The third kappa shape index (κ3) is 31.0. The quantitative estimate of drug-likeness (QED) is 0.0704. The number of carbonyl (C=O) groups is 1. The van der Waals surface area contributed by atoms with E-state index in [9.17, 15) is 102 Å². The molecule has 1 N–H and O–H groups in total. The molecular formula is C6H5Mo12NO42P-3. The number of phosphoric acid groups is 1. The van der Waals surface area contributed by atoms with Gasteiger partial charge in [0.2, 0.25) is 0 Å². The zero-order valence-corrected chi connectivity index (χ0v) is 51.3. The van der Waals surface area contributed by atoms with Crippen LogP contribution in [0.15, 0.2) is 24.5 Å². The molecule has 1 heterocycles. The van der Waals surface area contributed by atoms with Gasteiger partial charge in [0, 0.05) is 12.4 Å². The first kappa shape index (κ1) is 63.7. The van der Waals surface area contributed by atoms with Gasteiger partial charge in [-0.1, -0.05) is 0 Å². The third-order valence-electron chi connectivity index (χ3n) is 2.97. The summed E-state index contributed by atoms with van der Waals surface area (Å²) >= 11 is -98.5. The van der Waals surface area contributed by atoms with E-state index in [4.69, 9.17) is 5.11 Å². The van der Waals surface area contributed by atoms with Crippen molar-refractivity contribution in [2.75, 3.05) is 0 Å². The average Bonchev–Trinajstić information content (AvgIpc) is 2.83. The molecule has 366 valence electrons. The molecule has 0 amide bonds. The fourth-order valence-corrected chi connectivity index (χ4v) is 60.5. The molecule has 0 saturated heterocycles. The zero-order chi connectivity index (χ0) is 49.7. The summed E-state index contributed by atoms with van der Waals surface area (Å²) in [6.07, 6.45) is 2.90. The van der Waals surface area contributed by atoms with E-state index in [1.54, 1.807) is 0 Å². The Morgan fingerprint density at radius 2 is 0.597 bits per heavy atom. The van der Waals surface area contributed by atoms with Gasteiger partial charge in [-0.25, -0.2) is 4.79 Å². The van der Waals surface area contributed by atoms with Crippen molar-refractivity contribution in [2.24, 2.45) is 0 Å². The van der Waals surface area contributed by atoms with Crippen molar-refractivity contribution in [3.05, 3.63) is 30.1 Å². The molecule has 0 atom stereocenters. The molecule has 56 heteroatoms. The predicted molar refractivity (Wildman–Crippen MR) is 68.3 cm³/mol. The molecule has 1 aromatic rings. The molecule has 0 bridgehead atoms. The van der Waals surface area contributed by atoms with Crippen LogP contribution in [0.1, 0.15) is 10.4 Å². The summed E-state index contributed by atoms with van der Waals surface area (Å²) in [7, 11) is -7.94. The minimum atomic E-state index is -8.82. The molecule has 0 radical (unpaired) electrons. The van der Waals surface area contributed by atoms with Gasteiger partial charge in [-0.05, 0) is 12.1 Å². The van der Waals surface area contributed by atoms with Crippen molar-refractivity contribution in [1.29, 1.82) is 0 Å². The Hall–Kier alpha value is 1.71. The summed E-state index contributed by atoms with van der Waals surface area (Å²) < 4.78 is 351. The Morgan fingerprint density at radius 1 is 0.403 bits per heavy atom. The van der Waals surface area contributed by atoms with E-state index in [1.165, 1.54) is 24.5 Å². The first-order chi connectivity index (χ1) is 26.8. The molecule has 0 aliphatic rings. The van der Waals surface area contributed by atoms with E-state index < -0.39 is 215 Å². The van der Waals surface area contributed by atoms with Gasteiger partial charge in [0.15, 0.2) is 0 Å². The molecule has 0 fully saturated rings. The molecule has 62 heavy (non-hydrogen) atoms. The van der Waals surface area contributed by atoms with Gasteiger partial charge in [-0.15, -0.1) is 0 Å². The van der Waals surface area contributed by atoms with Gasteiger partial charge in [-0.2, -0.15) is 0 Å². The second-order valence-electron chi connectivity index (χ2n) is 7.72. The first-order valence-corrected chi connectivity index (χ1v) is 52.0. The topological polar surface area (TPSA) is 657 Å². The monoisotopic (exact) mass is 1970 g/mol. The number of rotatable bonds is 25. The molecule has 0 saturated carbocycles. The Kier molecular flexibility index (Phi) is 23.3. The van der Waals surface area contributed by atoms with Gasteiger partial charge in [0.05, 0.1) is 5.56 Å². The number of carboxylic acids is 1. The van der Waals surface area contributed by atoms with Crippen molar-refractivity contribution >= 4 is 13.8 Å². The van der Waals surface area contributed by atoms with Crippen LogP contribution in [0.2, 0.25) is 0 Å². The molecule has 43 nitrogen and oxygen atoms in total. The molecule has 0 aliphatic heterocycles. The van der Waals surface area contributed by atoms with Gasteiger partial charge < -0.3 is 5.11 Å². The van der Waals surface area contributed by atoms with Crippen molar-refractivity contribution in [2.45, 2.75) is 0 Å². The standard InChI is InChI=1S/C6H5NO2.12Mo.H3O4P.36O/c8-6(9)5-1-3-7-4-2-5;;;;;;;;;;;;;1-5(2,3)4;;;;;;;;;;;;;;;;;;;;;;;;;;;;;;;;;;;;/h1-4H,(H,8,9);;;;;;;;;;;;;(H3,1,2,3,4);;;;;;;;;;;;;;;;;;;;;;;;;;;;;;;;;;;;/q;;;;;;;;;;3*+1;;;;;;;;;;;;;;;;;;;;;;;;;;;;;;;;;;;3*-1/p-3. The van der Waals surface area contributed by atoms with Crippen LogP contribution >= 0.6 is 7.82 Å². The van der Waals surface area contributed by atoms with Crippen molar-refractivity contribution in [3.8, 4) is 0 Å². The maximum atomic E-state index is 12.7. The van der Waals surface area contributed by atoms with Crippen LogP contribution < -0.4 is 11.3 Å². The number of hydrogen-bond donors (Lipinski definition) is 1. The van der Waals surface area contributed by atoms with E-state index >= 15 is 0 Å². The third-order valence-corrected chi connectivity index (χ3v) is 63.1. The summed E-state index contributed by atoms with van der Waals surface area (Å²) in [6, 6.07) is 2.89. The van der Waals surface area contributed by atoms with E-state index in [0.717, 1.165) is 0 Å². The van der Waals surface area contributed by atoms with Crippen LogP contribution in [0.4, 0.5) is 0 Å². The van der Waals surface area contributed by atoms with Gasteiger partial charge in [-0.3, -0.25) is 4.98 Å². The summed E-state index contributed by atoms with van der Waals surface area (Å²) in [6.45, 7) is 0. The molecule has 1 aromatic heterocycles. The van der Waals surface area contributed by atoms with E-state index in [1.807, 2.05) is 0 Å². The van der Waals surface area contributed by atoms with Gasteiger partial charge >= 0.3 is 340 Å². The molecular weight excluding hydrogens is 1940 g/mol. The number of aromatic nitrogens is 1. The molecule has 0 unspecified atom stereocenters. The van der Waals surface area contributed by atoms with E-state index in [0.29, 0.717) is 0 Å². The Morgan fingerprint density at radius 3 is 0.774 bits per heavy atom. The van der Waals surface area contributed by atoms with Crippen LogP contribution in [0.25, 0.3) is 0 Å². The molecule has 0 spiro atoms. The molecule has 1 rings (SSSR count). The number of carboxylic acid groups (broad SMARTS) is 1. The number of nitrogens with zero attached hydrogens (tertiary/aromatic N) is 1. The Balaban J connectivity index is 0.00000363. The summed E-state index contributed by atoms with van der Waals surface area (Å²) in [4.78, 5) is 13.8. The zero-order valence-electron chi connectivity index (χ0n) is 26.3. The number of aromatic carboxylic acids is 1. The molecule has 0 aromatic carbocycles. The van der Waals surface area contributed by atoms with Crippen LogP contribution in [0.3, 0.4) is 0 Å². The van der Waals surface area contributed by atoms with Crippen molar-refractivity contribution < 1.29 is 336 Å². The molecule has 0 aliphatic carbocycles. The summed E-state index contributed by atoms with van der Waals surface area (Å²) in [5.41, 5.74) is 0.269. The van der Waals surface area contributed by atoms with Gasteiger partial charge in [0.1, 0.15) is 0 Å². The van der Waals surface area contributed by atoms with Crippen LogP contribution in [0, 0.1) is 0 Å². The first-order valence-electron chi connectivity index (χ1n) is 11.2. The van der Waals surface area contributed by atoms with Crippen LogP contribution in [0.5, 0.6) is 0 Å². The van der Waals surface area contributed by atoms with E-state index in [2.05, 4.69) is 32.9 Å². The number of hydrogen-bond acceptors (Lipinski definition) is 42. The van der Waals surface area contributed by atoms with E-state index in [-0.39, 0.29) is 5.56 Å². The van der Waals surface area contributed by atoms with Crippen LogP contribution in [-0.2, 0) is 315 Å². The average molecular weight is 1950 g/mol. The second-order valence-corrected chi connectivity index (χ2v) is 57.3. The second kappa shape index (κ2) is 22.6. The Bertz CT molecular complexity index is 2960.